The van der Waals surface area contributed by atoms with Crippen molar-refractivity contribution in [1.82, 2.24) is 10.2 Å². The number of methoxy groups -OCH3 is 5. The van der Waals surface area contributed by atoms with Gasteiger partial charge < -0.3 is 45.0 Å². The maximum absolute atomic E-state index is 14.5. The van der Waals surface area contributed by atoms with Gasteiger partial charge in [-0.1, -0.05) is 19.9 Å². The lowest BCUT2D eigenvalue weighted by Gasteiger charge is -2.38. The van der Waals surface area contributed by atoms with Gasteiger partial charge in [0.25, 0.3) is 0 Å². The second-order valence-electron chi connectivity index (χ2n) is 13.5. The van der Waals surface area contributed by atoms with Crippen LogP contribution in [0.4, 0.5) is 5.69 Å². The van der Waals surface area contributed by atoms with Crippen LogP contribution >= 0.6 is 0 Å². The van der Waals surface area contributed by atoms with Crippen LogP contribution in [0.1, 0.15) is 61.9 Å². The van der Waals surface area contributed by atoms with Crippen LogP contribution in [0.2, 0.25) is 0 Å². The number of carbonyl (C=O) groups is 3. The number of fused-ring (bicyclic) bond motifs is 4. The molecule has 2 aliphatic rings. The predicted molar refractivity (Wildman–Crippen MR) is 196 cm³/mol. The minimum Gasteiger partial charge on any atom is -0.493 e. The highest BCUT2D eigenvalue weighted by molar-refractivity contribution is 5.91. The number of hydrogen-bond donors (Lipinski definition) is 3. The summed E-state index contributed by atoms with van der Waals surface area (Å²) in [6.07, 6.45) is 1.61. The Balaban J connectivity index is 1.61. The van der Waals surface area contributed by atoms with E-state index in [1.807, 2.05) is 19.9 Å². The number of nitrogens with one attached hydrogen (secondary N) is 2. The van der Waals surface area contributed by atoms with E-state index in [2.05, 4.69) is 10.6 Å². The van der Waals surface area contributed by atoms with Crippen LogP contribution in [0.25, 0.3) is 11.1 Å². The summed E-state index contributed by atoms with van der Waals surface area (Å²) < 4.78 is 28.2. The van der Waals surface area contributed by atoms with Crippen molar-refractivity contribution in [3.05, 3.63) is 68.9 Å². The molecule has 0 saturated heterocycles. The van der Waals surface area contributed by atoms with Crippen molar-refractivity contribution in [1.29, 1.82) is 0 Å². The Morgan fingerprint density at radius 2 is 1.50 bits per heavy atom. The van der Waals surface area contributed by atoms with E-state index in [-0.39, 0.29) is 41.8 Å². The molecule has 3 amide bonds. The Kier molecular flexibility index (Phi) is 11.5. The van der Waals surface area contributed by atoms with Crippen LogP contribution in [0.3, 0.4) is 0 Å². The number of aryl methyl sites for hydroxylation is 1. The number of benzene rings is 2. The first kappa shape index (κ1) is 37.8. The topological polar surface area (TPSA) is 168 Å². The van der Waals surface area contributed by atoms with E-state index in [9.17, 15) is 19.2 Å². The van der Waals surface area contributed by atoms with Gasteiger partial charge in [0.1, 0.15) is 12.1 Å². The van der Waals surface area contributed by atoms with Crippen LogP contribution < -0.4 is 45.5 Å². The molecule has 3 aromatic rings. The number of ether oxygens (including phenoxy) is 5. The fourth-order valence-electron chi connectivity index (χ4n) is 7.31. The van der Waals surface area contributed by atoms with Crippen LogP contribution in [0.15, 0.2) is 41.2 Å². The molecule has 1 aliphatic carbocycles. The van der Waals surface area contributed by atoms with Crippen molar-refractivity contribution < 1.29 is 38.1 Å². The third-order valence-corrected chi connectivity index (χ3v) is 9.70. The second-order valence-corrected chi connectivity index (χ2v) is 13.5. The van der Waals surface area contributed by atoms with Gasteiger partial charge in [-0.2, -0.15) is 0 Å². The quantitative estimate of drug-likeness (QED) is 0.248. The normalized spacial score (nSPS) is 16.7. The van der Waals surface area contributed by atoms with Crippen molar-refractivity contribution in [3.63, 3.8) is 0 Å². The molecule has 0 aromatic heterocycles. The van der Waals surface area contributed by atoms with Gasteiger partial charge in [0.2, 0.25) is 28.9 Å². The molecule has 13 heteroatoms. The van der Waals surface area contributed by atoms with E-state index in [1.165, 1.54) is 46.3 Å². The van der Waals surface area contributed by atoms with Crippen molar-refractivity contribution in [2.45, 2.75) is 71.1 Å². The molecule has 0 fully saturated rings. The highest BCUT2D eigenvalue weighted by atomic mass is 16.5. The lowest BCUT2D eigenvalue weighted by atomic mass is 9.91. The molecule has 5 rings (SSSR count). The lowest BCUT2D eigenvalue weighted by Crippen LogP contribution is -2.55. The van der Waals surface area contributed by atoms with Gasteiger partial charge in [0, 0.05) is 25.5 Å². The molecule has 278 valence electrons. The van der Waals surface area contributed by atoms with Gasteiger partial charge in [0.15, 0.2) is 23.0 Å². The van der Waals surface area contributed by atoms with Gasteiger partial charge in [-0.3, -0.25) is 19.2 Å². The SMILES string of the molecule is COc1cc2c(cc1OC)CN(C(=O)[C@H](CC(C)C)Nc1ccc3c(cc1=O)[C@@H](NC(C)=O)CCc1cc(OC)c(OC)c(OC)c1-3)[C@H](C(N)=O)C2. The summed E-state index contributed by atoms with van der Waals surface area (Å²) >= 11 is 0. The fourth-order valence-corrected chi connectivity index (χ4v) is 7.31. The standard InChI is InChI=1S/C39H48N4O9/c1-20(2)13-29(39(47)43-19-24-17-33(49-5)32(48-4)16-23(24)14-30(43)38(40)46)42-28-12-10-25-26(18-31(28)45)27(41-21(3)44)11-9-22-15-34(50-6)36(51-7)37(52-8)35(22)25/h10,12,15-18,20,27,29-30H,9,11,13-14,19H2,1-8H3,(H2,40,46)(H,41,44)(H,42,45)/t27-,29-,30-/m0/s1. The molecule has 1 heterocycles. The first-order valence-electron chi connectivity index (χ1n) is 17.2. The maximum Gasteiger partial charge on any atom is 0.246 e. The Hall–Kier alpha value is -5.46. The summed E-state index contributed by atoms with van der Waals surface area (Å²) in [6.45, 7) is 5.50. The smallest absolute Gasteiger partial charge is 0.246 e. The van der Waals surface area contributed by atoms with E-state index < -0.39 is 24.0 Å². The summed E-state index contributed by atoms with van der Waals surface area (Å²) in [5.74, 6) is 1.12. The Morgan fingerprint density at radius 1 is 0.865 bits per heavy atom. The van der Waals surface area contributed by atoms with E-state index in [0.29, 0.717) is 64.7 Å². The third-order valence-electron chi connectivity index (χ3n) is 9.70. The Morgan fingerprint density at radius 3 is 2.08 bits per heavy atom. The van der Waals surface area contributed by atoms with E-state index in [0.717, 1.165) is 16.7 Å². The minimum atomic E-state index is -0.918. The molecule has 4 N–H and O–H groups in total. The third kappa shape index (κ3) is 7.44. The molecule has 3 aromatic carbocycles. The van der Waals surface area contributed by atoms with Gasteiger partial charge in [-0.15, -0.1) is 0 Å². The molecule has 13 nitrogen and oxygen atoms in total. The number of hydrogen-bond acceptors (Lipinski definition) is 10. The molecular formula is C39H48N4O9. The zero-order valence-electron chi connectivity index (χ0n) is 31.0. The first-order chi connectivity index (χ1) is 24.8. The summed E-state index contributed by atoms with van der Waals surface area (Å²) in [7, 11) is 7.68. The predicted octanol–water partition coefficient (Wildman–Crippen LogP) is 4.15. The van der Waals surface area contributed by atoms with Crippen molar-refractivity contribution in [3.8, 4) is 39.9 Å². The number of rotatable bonds is 12. The van der Waals surface area contributed by atoms with Crippen LogP contribution in [0, 0.1) is 5.92 Å². The van der Waals surface area contributed by atoms with Crippen LogP contribution in [0.5, 0.6) is 28.7 Å². The van der Waals surface area contributed by atoms with Crippen LogP contribution in [-0.2, 0) is 33.8 Å². The lowest BCUT2D eigenvalue weighted by molar-refractivity contribution is -0.141. The number of primary amides is 1. The summed E-state index contributed by atoms with van der Waals surface area (Å²) in [6, 6.07) is 8.15. The largest absolute Gasteiger partial charge is 0.493 e. The van der Waals surface area contributed by atoms with Crippen molar-refractivity contribution in [2.24, 2.45) is 11.7 Å². The zero-order chi connectivity index (χ0) is 37.9. The monoisotopic (exact) mass is 716 g/mol. The molecule has 0 saturated carbocycles. The van der Waals surface area contributed by atoms with E-state index in [1.54, 1.807) is 31.4 Å². The maximum atomic E-state index is 14.5. The summed E-state index contributed by atoms with van der Waals surface area (Å²) in [4.78, 5) is 55.3. The van der Waals surface area contributed by atoms with Crippen molar-refractivity contribution in [2.75, 3.05) is 40.9 Å². The molecule has 52 heavy (non-hydrogen) atoms. The molecule has 3 atom stereocenters. The molecule has 0 unspecified atom stereocenters. The second kappa shape index (κ2) is 15.8. The molecular weight excluding hydrogens is 668 g/mol. The molecule has 0 bridgehead atoms. The number of nitrogens with zero attached hydrogens (tertiary/aromatic N) is 1. The first-order valence-corrected chi connectivity index (χ1v) is 17.2. The molecule has 0 radical (unpaired) electrons. The van der Waals surface area contributed by atoms with Crippen molar-refractivity contribution >= 4 is 23.4 Å². The van der Waals surface area contributed by atoms with E-state index in [4.69, 9.17) is 29.4 Å². The number of anilines is 1. The van der Waals surface area contributed by atoms with Crippen LogP contribution in [-0.4, -0.2) is 70.3 Å². The fraction of sp³-hybridized carbons (Fsp3) is 0.436. The number of carbonyl (C=O) groups excluding carboxylic acids is 3. The van der Waals surface area contributed by atoms with Gasteiger partial charge in [-0.05, 0) is 83.3 Å². The van der Waals surface area contributed by atoms with Gasteiger partial charge in [0.05, 0.1) is 47.3 Å². The van der Waals surface area contributed by atoms with E-state index >= 15 is 0 Å². The average molecular weight is 717 g/mol. The highest BCUT2D eigenvalue weighted by Crippen LogP contribution is 2.50. The Bertz CT molecular complexity index is 1930. The highest BCUT2D eigenvalue weighted by Gasteiger charge is 2.38. The number of nitrogens with two attached hydrogens (primary N) is 1. The summed E-state index contributed by atoms with van der Waals surface area (Å²) in [5.41, 5.74) is 10.2. The Labute approximate surface area is 303 Å². The average Bonchev–Trinajstić information content (AvgIpc) is 3.36. The number of amides is 3. The van der Waals surface area contributed by atoms with Gasteiger partial charge in [-0.25, -0.2) is 0 Å². The molecule has 0 spiro atoms. The summed E-state index contributed by atoms with van der Waals surface area (Å²) in [5, 5.41) is 6.26. The minimum absolute atomic E-state index is 0.0434. The van der Waals surface area contributed by atoms with Gasteiger partial charge >= 0.3 is 0 Å². The zero-order valence-corrected chi connectivity index (χ0v) is 31.0. The molecule has 1 aliphatic heterocycles.